The topological polar surface area (TPSA) is 32.8 Å². The molecule has 0 N–H and O–H groups in total. The second kappa shape index (κ2) is 4.40. The zero-order valence-electron chi connectivity index (χ0n) is 11.0. The van der Waals surface area contributed by atoms with Crippen LogP contribution in [0.3, 0.4) is 0 Å². The number of carbonyl (C=O) groups is 1. The molecule has 0 aromatic heterocycles. The van der Waals surface area contributed by atoms with Crippen LogP contribution in [0.4, 0.5) is 13.6 Å². The van der Waals surface area contributed by atoms with E-state index in [1.807, 2.05) is 0 Å². The van der Waals surface area contributed by atoms with Crippen LogP contribution in [-0.4, -0.2) is 60.6 Å². The Balaban J connectivity index is 2.68. The summed E-state index contributed by atoms with van der Waals surface area (Å²) in [5, 5.41) is 0. The Kier molecular flexibility index (Phi) is 3.66. The van der Waals surface area contributed by atoms with E-state index in [-0.39, 0.29) is 6.54 Å². The summed E-state index contributed by atoms with van der Waals surface area (Å²) in [5.74, 6) is -2.89. The van der Waals surface area contributed by atoms with Gasteiger partial charge in [-0.2, -0.15) is 0 Å². The van der Waals surface area contributed by atoms with Crippen molar-refractivity contribution in [1.82, 2.24) is 9.80 Å². The van der Waals surface area contributed by atoms with Crippen molar-refractivity contribution in [3.8, 4) is 0 Å². The Morgan fingerprint density at radius 3 is 2.29 bits per heavy atom. The molecule has 0 aromatic rings. The molecule has 17 heavy (non-hydrogen) atoms. The number of alkyl halides is 2. The smallest absolute Gasteiger partial charge is 0.410 e. The SMILES string of the molecule is CN(C)C1CN(C(=O)OC(C)(C)C)CC1(F)F. The summed E-state index contributed by atoms with van der Waals surface area (Å²) in [6.45, 7) is 4.55. The summed E-state index contributed by atoms with van der Waals surface area (Å²) in [6.07, 6.45) is -0.679. The van der Waals surface area contributed by atoms with E-state index in [1.165, 1.54) is 4.90 Å². The molecule has 0 aromatic carbocycles. The fourth-order valence-electron chi connectivity index (χ4n) is 1.77. The standard InChI is InChI=1S/C11H20F2N2O2/c1-10(2,3)17-9(16)15-6-8(14(4)5)11(12,13)7-15/h8H,6-7H2,1-5H3. The summed E-state index contributed by atoms with van der Waals surface area (Å²) < 4.78 is 32.3. The first-order valence-corrected chi connectivity index (χ1v) is 5.55. The molecular weight excluding hydrogens is 230 g/mol. The summed E-state index contributed by atoms with van der Waals surface area (Å²) in [7, 11) is 3.16. The van der Waals surface area contributed by atoms with Crippen molar-refractivity contribution in [3.63, 3.8) is 0 Å². The Morgan fingerprint density at radius 2 is 1.94 bits per heavy atom. The molecule has 0 radical (unpaired) electrons. The Hall–Kier alpha value is -0.910. The lowest BCUT2D eigenvalue weighted by molar-refractivity contribution is -0.0396. The van der Waals surface area contributed by atoms with Gasteiger partial charge in [0.1, 0.15) is 5.60 Å². The number of likely N-dealkylation sites (tertiary alicyclic amines) is 1. The van der Waals surface area contributed by atoms with E-state index in [0.717, 1.165) is 4.90 Å². The van der Waals surface area contributed by atoms with E-state index in [0.29, 0.717) is 0 Å². The molecule has 1 aliphatic heterocycles. The molecule has 1 aliphatic rings. The summed E-state index contributed by atoms with van der Waals surface area (Å²) in [6, 6.07) is -0.949. The normalized spacial score (nSPS) is 24.2. The Morgan fingerprint density at radius 1 is 1.41 bits per heavy atom. The van der Waals surface area contributed by atoms with Gasteiger partial charge in [-0.25, -0.2) is 13.6 Å². The maximum atomic E-state index is 13.6. The first-order chi connectivity index (χ1) is 7.53. The first-order valence-electron chi connectivity index (χ1n) is 5.55. The van der Waals surface area contributed by atoms with Gasteiger partial charge in [0.2, 0.25) is 0 Å². The average molecular weight is 250 g/mol. The number of hydrogen-bond donors (Lipinski definition) is 0. The number of nitrogens with zero attached hydrogens (tertiary/aromatic N) is 2. The van der Waals surface area contributed by atoms with Crippen molar-refractivity contribution in [2.45, 2.75) is 38.3 Å². The zero-order chi connectivity index (χ0) is 13.4. The lowest BCUT2D eigenvalue weighted by Gasteiger charge is -2.24. The van der Waals surface area contributed by atoms with Gasteiger partial charge in [0, 0.05) is 6.54 Å². The molecule has 0 bridgehead atoms. The molecule has 1 unspecified atom stereocenters. The molecule has 1 saturated heterocycles. The predicted molar refractivity (Wildman–Crippen MR) is 60.2 cm³/mol. The fraction of sp³-hybridized carbons (Fsp3) is 0.909. The van der Waals surface area contributed by atoms with Crippen LogP contribution in [0, 0.1) is 0 Å². The van der Waals surface area contributed by atoms with Crippen LogP contribution in [0.15, 0.2) is 0 Å². The van der Waals surface area contributed by atoms with Gasteiger partial charge < -0.3 is 9.64 Å². The number of carbonyl (C=O) groups excluding carboxylic acids is 1. The fourth-order valence-corrected chi connectivity index (χ4v) is 1.77. The quantitative estimate of drug-likeness (QED) is 0.711. The van der Waals surface area contributed by atoms with Gasteiger partial charge >= 0.3 is 6.09 Å². The van der Waals surface area contributed by atoms with Crippen molar-refractivity contribution in [1.29, 1.82) is 0 Å². The minimum atomic E-state index is -2.89. The van der Waals surface area contributed by atoms with Gasteiger partial charge in [0.15, 0.2) is 0 Å². The minimum absolute atomic E-state index is 0.00505. The Labute approximate surface area is 101 Å². The van der Waals surface area contributed by atoms with Crippen LogP contribution in [-0.2, 0) is 4.74 Å². The van der Waals surface area contributed by atoms with Gasteiger partial charge in [0.25, 0.3) is 5.92 Å². The minimum Gasteiger partial charge on any atom is -0.444 e. The monoisotopic (exact) mass is 250 g/mol. The third-order valence-electron chi connectivity index (χ3n) is 2.56. The highest BCUT2D eigenvalue weighted by molar-refractivity contribution is 5.68. The molecule has 4 nitrogen and oxygen atoms in total. The van der Waals surface area contributed by atoms with Crippen LogP contribution in [0.25, 0.3) is 0 Å². The molecule has 1 atom stereocenters. The van der Waals surface area contributed by atoms with Crippen molar-refractivity contribution < 1.29 is 18.3 Å². The lowest BCUT2D eigenvalue weighted by Crippen LogP contribution is -2.42. The predicted octanol–water partition coefficient (Wildman–Crippen LogP) is 1.80. The summed E-state index contributed by atoms with van der Waals surface area (Å²) in [5.41, 5.74) is -0.664. The molecule has 0 saturated carbocycles. The van der Waals surface area contributed by atoms with Crippen LogP contribution in [0.5, 0.6) is 0 Å². The number of ether oxygens (including phenoxy) is 1. The van der Waals surface area contributed by atoms with Crippen LogP contribution in [0.2, 0.25) is 0 Å². The van der Waals surface area contributed by atoms with Gasteiger partial charge in [-0.15, -0.1) is 0 Å². The highest BCUT2D eigenvalue weighted by Gasteiger charge is 2.51. The molecule has 1 heterocycles. The van der Waals surface area contributed by atoms with E-state index in [1.54, 1.807) is 34.9 Å². The second-order valence-corrected chi connectivity index (χ2v) is 5.60. The molecular formula is C11H20F2N2O2. The van der Waals surface area contributed by atoms with Crippen LogP contribution < -0.4 is 0 Å². The molecule has 1 rings (SSSR count). The van der Waals surface area contributed by atoms with Gasteiger partial charge in [-0.3, -0.25) is 4.90 Å². The van der Waals surface area contributed by atoms with Gasteiger partial charge in [-0.05, 0) is 34.9 Å². The van der Waals surface area contributed by atoms with Crippen LogP contribution >= 0.6 is 0 Å². The number of likely N-dealkylation sites (N-methyl/N-ethyl adjacent to an activating group) is 1. The van der Waals surface area contributed by atoms with Crippen LogP contribution in [0.1, 0.15) is 20.8 Å². The number of amides is 1. The lowest BCUT2D eigenvalue weighted by atomic mass is 10.2. The van der Waals surface area contributed by atoms with E-state index in [4.69, 9.17) is 4.74 Å². The first kappa shape index (κ1) is 14.2. The van der Waals surface area contributed by atoms with E-state index in [2.05, 4.69) is 0 Å². The summed E-state index contributed by atoms with van der Waals surface area (Å²) in [4.78, 5) is 14.2. The van der Waals surface area contributed by atoms with E-state index < -0.39 is 30.2 Å². The molecule has 6 heteroatoms. The maximum Gasteiger partial charge on any atom is 0.410 e. The molecule has 100 valence electrons. The second-order valence-electron chi connectivity index (χ2n) is 5.60. The van der Waals surface area contributed by atoms with Crippen molar-refractivity contribution in [3.05, 3.63) is 0 Å². The molecule has 1 amide bonds. The third kappa shape index (κ3) is 3.52. The van der Waals surface area contributed by atoms with Gasteiger partial charge in [0.05, 0.1) is 12.6 Å². The van der Waals surface area contributed by atoms with Crippen molar-refractivity contribution >= 4 is 6.09 Å². The van der Waals surface area contributed by atoms with E-state index >= 15 is 0 Å². The van der Waals surface area contributed by atoms with Gasteiger partial charge in [-0.1, -0.05) is 0 Å². The molecule has 0 spiro atoms. The van der Waals surface area contributed by atoms with E-state index in [9.17, 15) is 13.6 Å². The van der Waals surface area contributed by atoms with Crippen molar-refractivity contribution in [2.24, 2.45) is 0 Å². The summed E-state index contributed by atoms with van der Waals surface area (Å²) >= 11 is 0. The number of halogens is 2. The third-order valence-corrected chi connectivity index (χ3v) is 2.56. The number of rotatable bonds is 1. The average Bonchev–Trinajstić information content (AvgIpc) is 2.38. The zero-order valence-corrected chi connectivity index (χ0v) is 11.0. The molecule has 0 aliphatic carbocycles. The number of hydrogen-bond acceptors (Lipinski definition) is 3. The Bertz CT molecular complexity index is 300. The highest BCUT2D eigenvalue weighted by Crippen LogP contribution is 2.31. The largest absolute Gasteiger partial charge is 0.444 e. The highest BCUT2D eigenvalue weighted by atomic mass is 19.3. The molecule has 1 fully saturated rings. The van der Waals surface area contributed by atoms with Crippen molar-refractivity contribution in [2.75, 3.05) is 27.2 Å². The maximum absolute atomic E-state index is 13.6.